The van der Waals surface area contributed by atoms with Gasteiger partial charge in [0.05, 0.1) is 6.54 Å². The van der Waals surface area contributed by atoms with Crippen LogP contribution < -0.4 is 5.32 Å². The lowest BCUT2D eigenvalue weighted by molar-refractivity contribution is -0.131. The molecule has 9 heteroatoms. The van der Waals surface area contributed by atoms with Crippen LogP contribution in [-0.2, 0) is 11.3 Å². The Morgan fingerprint density at radius 1 is 0.771 bits per heavy atom. The lowest BCUT2D eigenvalue weighted by atomic mass is 10.0. The van der Waals surface area contributed by atoms with Crippen LogP contribution in [0.5, 0.6) is 0 Å². The predicted molar refractivity (Wildman–Crippen MR) is 130 cm³/mol. The molecule has 2 amide bonds. The lowest BCUT2D eigenvalue weighted by Gasteiger charge is -2.35. The van der Waals surface area contributed by atoms with Gasteiger partial charge in [0, 0.05) is 38.3 Å². The smallest absolute Gasteiger partial charge is 0.254 e. The van der Waals surface area contributed by atoms with Crippen molar-refractivity contribution in [3.63, 3.8) is 0 Å². The van der Waals surface area contributed by atoms with E-state index in [-0.39, 0.29) is 43.5 Å². The van der Waals surface area contributed by atoms with Crippen LogP contribution in [0, 0.1) is 17.5 Å². The summed E-state index contributed by atoms with van der Waals surface area (Å²) in [5.74, 6) is -5.10. The van der Waals surface area contributed by atoms with Crippen LogP contribution in [0.4, 0.5) is 13.2 Å². The van der Waals surface area contributed by atoms with Gasteiger partial charge < -0.3 is 15.1 Å². The normalized spacial score (nSPS) is 13.3. The first-order chi connectivity index (χ1) is 16.4. The number of carbonyl (C=O) groups excluding carboxylic acids is 2. The molecular formula is C26H25ClF3N3O2. The maximum Gasteiger partial charge on any atom is 0.254 e. The van der Waals surface area contributed by atoms with E-state index in [1.807, 2.05) is 42.5 Å². The molecule has 0 unspecified atom stereocenters. The molecule has 0 bridgehead atoms. The predicted octanol–water partition coefficient (Wildman–Crippen LogP) is 4.27. The van der Waals surface area contributed by atoms with Gasteiger partial charge in [-0.2, -0.15) is 0 Å². The van der Waals surface area contributed by atoms with Gasteiger partial charge in [0.15, 0.2) is 17.5 Å². The van der Waals surface area contributed by atoms with Crippen molar-refractivity contribution in [3.8, 4) is 11.1 Å². The van der Waals surface area contributed by atoms with Crippen molar-refractivity contribution in [2.75, 3.05) is 32.7 Å². The molecule has 0 spiro atoms. The van der Waals surface area contributed by atoms with E-state index >= 15 is 0 Å². The summed E-state index contributed by atoms with van der Waals surface area (Å²) in [7, 11) is 0. The van der Waals surface area contributed by atoms with Gasteiger partial charge in [0.2, 0.25) is 5.91 Å². The highest BCUT2D eigenvalue weighted by atomic mass is 35.5. The first-order valence-electron chi connectivity index (χ1n) is 11.0. The number of halogens is 4. The van der Waals surface area contributed by atoms with Crippen molar-refractivity contribution in [2.24, 2.45) is 0 Å². The number of hydrogen-bond acceptors (Lipinski definition) is 3. The summed E-state index contributed by atoms with van der Waals surface area (Å²) in [6.07, 6.45) is 0. The molecule has 1 saturated heterocycles. The van der Waals surface area contributed by atoms with Crippen molar-refractivity contribution in [3.05, 3.63) is 95.3 Å². The Morgan fingerprint density at radius 3 is 1.91 bits per heavy atom. The minimum atomic E-state index is -1.60. The number of hydrogen-bond donors (Lipinski definition) is 1. The number of amides is 2. The molecule has 1 fully saturated rings. The van der Waals surface area contributed by atoms with Gasteiger partial charge in [-0.05, 0) is 28.8 Å². The summed E-state index contributed by atoms with van der Waals surface area (Å²) < 4.78 is 40.0. The summed E-state index contributed by atoms with van der Waals surface area (Å²) in [5, 5.41) is 3.14. The molecule has 0 radical (unpaired) electrons. The topological polar surface area (TPSA) is 52.7 Å². The number of rotatable bonds is 6. The highest BCUT2D eigenvalue weighted by molar-refractivity contribution is 5.94. The molecule has 0 aliphatic carbocycles. The third-order valence-corrected chi connectivity index (χ3v) is 5.82. The van der Waals surface area contributed by atoms with E-state index in [0.29, 0.717) is 31.8 Å². The molecule has 184 valence electrons. The van der Waals surface area contributed by atoms with Gasteiger partial charge in [0.1, 0.15) is 0 Å². The van der Waals surface area contributed by atoms with Crippen LogP contribution in [-0.4, -0.2) is 54.3 Å². The fourth-order valence-corrected chi connectivity index (χ4v) is 3.89. The third kappa shape index (κ3) is 6.41. The Morgan fingerprint density at radius 2 is 1.31 bits per heavy atom. The van der Waals surface area contributed by atoms with Gasteiger partial charge in [-0.25, -0.2) is 13.2 Å². The molecule has 35 heavy (non-hydrogen) atoms. The number of benzene rings is 3. The van der Waals surface area contributed by atoms with Crippen LogP contribution in [0.3, 0.4) is 0 Å². The largest absolute Gasteiger partial charge is 0.338 e. The van der Waals surface area contributed by atoms with Crippen molar-refractivity contribution < 1.29 is 22.8 Å². The van der Waals surface area contributed by atoms with Crippen molar-refractivity contribution >= 4 is 24.2 Å². The SMILES string of the molecule is Cl.O=C(CNCc1ccc(-c2ccccc2)cc1)N1CCN(C(=O)c2cc(F)c(F)c(F)c2)CC1. The third-order valence-electron chi connectivity index (χ3n) is 5.82. The minimum Gasteiger partial charge on any atom is -0.338 e. The molecule has 1 aliphatic rings. The van der Waals surface area contributed by atoms with Crippen molar-refractivity contribution in [2.45, 2.75) is 6.54 Å². The minimum absolute atomic E-state index is 0. The summed E-state index contributed by atoms with van der Waals surface area (Å²) in [6.45, 7) is 1.77. The zero-order valence-corrected chi connectivity index (χ0v) is 19.7. The van der Waals surface area contributed by atoms with E-state index in [1.54, 1.807) is 4.90 Å². The Kier molecular flexibility index (Phi) is 8.89. The monoisotopic (exact) mass is 503 g/mol. The van der Waals surface area contributed by atoms with Crippen LogP contribution in [0.2, 0.25) is 0 Å². The zero-order valence-electron chi connectivity index (χ0n) is 18.8. The van der Waals surface area contributed by atoms with Crippen molar-refractivity contribution in [1.82, 2.24) is 15.1 Å². The van der Waals surface area contributed by atoms with Gasteiger partial charge >= 0.3 is 0 Å². The molecule has 3 aromatic carbocycles. The van der Waals surface area contributed by atoms with Crippen molar-refractivity contribution in [1.29, 1.82) is 0 Å². The fraction of sp³-hybridized carbons (Fsp3) is 0.231. The summed E-state index contributed by atoms with van der Waals surface area (Å²) in [4.78, 5) is 28.1. The van der Waals surface area contributed by atoms with Crippen LogP contribution in [0.1, 0.15) is 15.9 Å². The van der Waals surface area contributed by atoms with Crippen LogP contribution >= 0.6 is 12.4 Å². The molecule has 0 aromatic heterocycles. The summed E-state index contributed by atoms with van der Waals surface area (Å²) in [6, 6.07) is 19.6. The number of piperazine rings is 1. The Labute approximate surface area is 208 Å². The zero-order chi connectivity index (χ0) is 24.1. The van der Waals surface area contributed by atoms with E-state index in [0.717, 1.165) is 16.7 Å². The fourth-order valence-electron chi connectivity index (χ4n) is 3.89. The molecule has 4 rings (SSSR count). The van der Waals surface area contributed by atoms with Gasteiger partial charge in [-0.15, -0.1) is 12.4 Å². The number of nitrogens with one attached hydrogen (secondary N) is 1. The Balaban J connectivity index is 0.00000342. The standard InChI is InChI=1S/C26H24F3N3O2.ClH/c27-22-14-21(15-23(28)25(22)29)26(34)32-12-10-31(11-13-32)24(33)17-30-16-18-6-8-20(9-7-18)19-4-2-1-3-5-19;/h1-9,14-15,30H,10-13,16-17H2;1H. The first-order valence-corrected chi connectivity index (χ1v) is 11.0. The summed E-state index contributed by atoms with van der Waals surface area (Å²) >= 11 is 0. The van der Waals surface area contributed by atoms with E-state index in [1.165, 1.54) is 4.90 Å². The van der Waals surface area contributed by atoms with E-state index in [2.05, 4.69) is 17.4 Å². The second kappa shape index (κ2) is 11.9. The van der Waals surface area contributed by atoms with E-state index in [9.17, 15) is 22.8 Å². The average molecular weight is 504 g/mol. The maximum absolute atomic E-state index is 13.4. The number of carbonyl (C=O) groups is 2. The molecule has 0 atom stereocenters. The number of nitrogens with zero attached hydrogens (tertiary/aromatic N) is 2. The Hall–Kier alpha value is -3.36. The van der Waals surface area contributed by atoms with E-state index in [4.69, 9.17) is 0 Å². The van der Waals surface area contributed by atoms with Gasteiger partial charge in [-0.1, -0.05) is 54.6 Å². The second-order valence-electron chi connectivity index (χ2n) is 8.09. The quantitative estimate of drug-likeness (QED) is 0.511. The molecule has 3 aromatic rings. The molecule has 1 heterocycles. The molecule has 5 nitrogen and oxygen atoms in total. The molecule has 1 aliphatic heterocycles. The second-order valence-corrected chi connectivity index (χ2v) is 8.09. The van der Waals surface area contributed by atoms with Gasteiger partial charge in [-0.3, -0.25) is 9.59 Å². The average Bonchev–Trinajstić information content (AvgIpc) is 2.87. The lowest BCUT2D eigenvalue weighted by Crippen LogP contribution is -2.52. The molecular weight excluding hydrogens is 479 g/mol. The van der Waals surface area contributed by atoms with E-state index < -0.39 is 23.4 Å². The van der Waals surface area contributed by atoms with Crippen LogP contribution in [0.15, 0.2) is 66.7 Å². The van der Waals surface area contributed by atoms with Gasteiger partial charge in [0.25, 0.3) is 5.91 Å². The Bertz CT molecular complexity index is 1150. The summed E-state index contributed by atoms with van der Waals surface area (Å²) in [5.41, 5.74) is 3.07. The highest BCUT2D eigenvalue weighted by Gasteiger charge is 2.26. The first kappa shape index (κ1) is 26.2. The highest BCUT2D eigenvalue weighted by Crippen LogP contribution is 2.19. The maximum atomic E-state index is 13.4. The van der Waals surface area contributed by atoms with Crippen LogP contribution in [0.25, 0.3) is 11.1 Å². The molecule has 1 N–H and O–H groups in total. The molecule has 0 saturated carbocycles.